The molecule has 0 aliphatic heterocycles. The van der Waals surface area contributed by atoms with Crippen LogP contribution in [0, 0.1) is 0 Å². The van der Waals surface area contributed by atoms with Crippen LogP contribution in [0.5, 0.6) is 0 Å². The lowest BCUT2D eigenvalue weighted by Gasteiger charge is -2.12. The number of nitrogens with zero attached hydrogens (tertiary/aromatic N) is 1. The number of oxime groups is 1. The summed E-state index contributed by atoms with van der Waals surface area (Å²) in [7, 11) is 0. The molecule has 0 aromatic heterocycles. The van der Waals surface area contributed by atoms with Crippen LogP contribution < -0.4 is 11.1 Å². The van der Waals surface area contributed by atoms with Gasteiger partial charge in [0.15, 0.2) is 5.84 Å². The molecule has 0 aliphatic carbocycles. The van der Waals surface area contributed by atoms with Crippen LogP contribution in [0.2, 0.25) is 15.1 Å². The lowest BCUT2D eigenvalue weighted by molar-refractivity contribution is 0.318. The van der Waals surface area contributed by atoms with E-state index < -0.39 is 0 Å². The molecule has 4 nitrogen and oxygen atoms in total. The van der Waals surface area contributed by atoms with Gasteiger partial charge >= 0.3 is 0 Å². The molecule has 0 saturated carbocycles. The van der Waals surface area contributed by atoms with Crippen molar-refractivity contribution in [2.75, 3.05) is 5.32 Å². The summed E-state index contributed by atoms with van der Waals surface area (Å²) >= 11 is 18.0. The third-order valence-electron chi connectivity index (χ3n) is 2.88. The molecule has 0 saturated heterocycles. The van der Waals surface area contributed by atoms with Gasteiger partial charge in [-0.15, -0.1) is 0 Å². The highest BCUT2D eigenvalue weighted by Gasteiger charge is 2.09. The fourth-order valence-electron chi connectivity index (χ4n) is 1.83. The van der Waals surface area contributed by atoms with Crippen LogP contribution in [-0.4, -0.2) is 11.0 Å². The molecule has 2 aromatic carbocycles. The van der Waals surface area contributed by atoms with Gasteiger partial charge in [0.25, 0.3) is 0 Å². The Morgan fingerprint density at radius 1 is 1.10 bits per heavy atom. The minimum Gasteiger partial charge on any atom is -0.409 e. The first kappa shape index (κ1) is 15.8. The van der Waals surface area contributed by atoms with Crippen molar-refractivity contribution >= 4 is 46.3 Å². The van der Waals surface area contributed by atoms with Gasteiger partial charge < -0.3 is 16.3 Å². The fraction of sp³-hybridized carbons (Fsp3) is 0.0714. The fourth-order valence-corrected chi connectivity index (χ4v) is 2.44. The van der Waals surface area contributed by atoms with Crippen LogP contribution >= 0.6 is 34.8 Å². The van der Waals surface area contributed by atoms with E-state index in [4.69, 9.17) is 45.7 Å². The van der Waals surface area contributed by atoms with Gasteiger partial charge in [-0.25, -0.2) is 0 Å². The first-order chi connectivity index (χ1) is 10.0. The molecule has 2 rings (SSSR count). The topological polar surface area (TPSA) is 70.6 Å². The molecule has 0 unspecified atom stereocenters. The summed E-state index contributed by atoms with van der Waals surface area (Å²) in [5.41, 5.74) is 7.80. The first-order valence-electron chi connectivity index (χ1n) is 5.97. The Hall–Kier alpha value is -1.62. The van der Waals surface area contributed by atoms with E-state index in [9.17, 15) is 0 Å². The SMILES string of the molecule is NC(=NO)c1ccccc1CNc1cc(Cl)c(Cl)cc1Cl. The van der Waals surface area contributed by atoms with Crippen molar-refractivity contribution in [1.29, 1.82) is 0 Å². The van der Waals surface area contributed by atoms with Crippen molar-refractivity contribution in [3.63, 3.8) is 0 Å². The second-order valence-electron chi connectivity index (χ2n) is 4.24. The quantitative estimate of drug-likeness (QED) is 0.254. The number of nitrogens with two attached hydrogens (primary N) is 1. The first-order valence-corrected chi connectivity index (χ1v) is 7.10. The molecule has 0 spiro atoms. The lowest BCUT2D eigenvalue weighted by atomic mass is 10.1. The summed E-state index contributed by atoms with van der Waals surface area (Å²) in [6, 6.07) is 10.5. The van der Waals surface area contributed by atoms with Crippen LogP contribution in [0.1, 0.15) is 11.1 Å². The van der Waals surface area contributed by atoms with E-state index in [0.717, 1.165) is 5.56 Å². The molecule has 0 fully saturated rings. The van der Waals surface area contributed by atoms with Crippen LogP contribution in [0.25, 0.3) is 0 Å². The summed E-state index contributed by atoms with van der Waals surface area (Å²) < 4.78 is 0. The Balaban J connectivity index is 2.23. The standard InChI is InChI=1S/C14H12Cl3N3O/c15-10-5-12(17)13(6-11(10)16)19-7-8-3-1-2-4-9(8)14(18)20-21/h1-6,19,21H,7H2,(H2,18,20). The highest BCUT2D eigenvalue weighted by Crippen LogP contribution is 2.32. The largest absolute Gasteiger partial charge is 0.409 e. The van der Waals surface area contributed by atoms with Crippen molar-refractivity contribution in [2.24, 2.45) is 10.9 Å². The van der Waals surface area contributed by atoms with Gasteiger partial charge in [-0.3, -0.25) is 0 Å². The van der Waals surface area contributed by atoms with Gasteiger partial charge in [0.1, 0.15) is 0 Å². The highest BCUT2D eigenvalue weighted by atomic mass is 35.5. The normalized spacial score (nSPS) is 11.5. The van der Waals surface area contributed by atoms with E-state index >= 15 is 0 Å². The van der Waals surface area contributed by atoms with E-state index in [1.54, 1.807) is 18.2 Å². The smallest absolute Gasteiger partial charge is 0.170 e. The summed E-state index contributed by atoms with van der Waals surface area (Å²) in [5, 5.41) is 16.2. The van der Waals surface area contributed by atoms with Crippen LogP contribution in [0.15, 0.2) is 41.6 Å². The van der Waals surface area contributed by atoms with Gasteiger partial charge in [-0.2, -0.15) is 0 Å². The zero-order valence-corrected chi connectivity index (χ0v) is 13.0. The summed E-state index contributed by atoms with van der Waals surface area (Å²) in [6.07, 6.45) is 0. The van der Waals surface area contributed by atoms with Crippen molar-refractivity contribution in [3.05, 3.63) is 62.6 Å². The maximum absolute atomic E-state index is 8.80. The number of nitrogens with one attached hydrogen (secondary N) is 1. The molecule has 2 aromatic rings. The molecule has 0 bridgehead atoms. The zero-order chi connectivity index (χ0) is 15.4. The highest BCUT2D eigenvalue weighted by molar-refractivity contribution is 6.44. The van der Waals surface area contributed by atoms with E-state index in [1.807, 2.05) is 18.2 Å². The number of amidine groups is 1. The van der Waals surface area contributed by atoms with Gasteiger partial charge in [0.05, 0.1) is 20.8 Å². The van der Waals surface area contributed by atoms with E-state index in [1.165, 1.54) is 0 Å². The maximum atomic E-state index is 8.80. The number of hydrogen-bond donors (Lipinski definition) is 3. The molecule has 110 valence electrons. The lowest BCUT2D eigenvalue weighted by Crippen LogP contribution is -2.16. The second-order valence-corrected chi connectivity index (χ2v) is 5.46. The Morgan fingerprint density at radius 3 is 2.48 bits per heavy atom. The predicted molar refractivity (Wildman–Crippen MR) is 87.8 cm³/mol. The van der Waals surface area contributed by atoms with Gasteiger partial charge in [-0.05, 0) is 17.7 Å². The average Bonchev–Trinajstić information content (AvgIpc) is 2.49. The second kappa shape index (κ2) is 6.89. The van der Waals surface area contributed by atoms with Gasteiger partial charge in [0, 0.05) is 12.1 Å². The Labute approximate surface area is 137 Å². The molecule has 0 atom stereocenters. The average molecular weight is 345 g/mol. The minimum absolute atomic E-state index is 0.0487. The van der Waals surface area contributed by atoms with Crippen molar-refractivity contribution in [1.82, 2.24) is 0 Å². The molecule has 0 aliphatic rings. The zero-order valence-electron chi connectivity index (χ0n) is 10.8. The third kappa shape index (κ3) is 3.73. The predicted octanol–water partition coefficient (Wildman–Crippen LogP) is 4.35. The molecule has 0 amide bonds. The van der Waals surface area contributed by atoms with Crippen LogP contribution in [0.4, 0.5) is 5.69 Å². The van der Waals surface area contributed by atoms with Gasteiger partial charge in [0.2, 0.25) is 0 Å². The molecule has 4 N–H and O–H groups in total. The van der Waals surface area contributed by atoms with E-state index in [0.29, 0.717) is 32.9 Å². The number of anilines is 1. The minimum atomic E-state index is 0.0487. The molecular weight excluding hydrogens is 333 g/mol. The molecule has 7 heteroatoms. The van der Waals surface area contributed by atoms with E-state index in [2.05, 4.69) is 10.5 Å². The Bertz CT molecular complexity index is 689. The summed E-state index contributed by atoms with van der Waals surface area (Å²) in [5.74, 6) is 0.0487. The molecular formula is C14H12Cl3N3O. The summed E-state index contributed by atoms with van der Waals surface area (Å²) in [6.45, 7) is 0.435. The number of benzene rings is 2. The van der Waals surface area contributed by atoms with E-state index in [-0.39, 0.29) is 5.84 Å². The van der Waals surface area contributed by atoms with Crippen LogP contribution in [0.3, 0.4) is 0 Å². The third-order valence-corrected chi connectivity index (χ3v) is 3.92. The van der Waals surface area contributed by atoms with Crippen LogP contribution in [-0.2, 0) is 6.54 Å². The van der Waals surface area contributed by atoms with Crippen molar-refractivity contribution in [2.45, 2.75) is 6.54 Å². The monoisotopic (exact) mass is 343 g/mol. The molecule has 0 heterocycles. The molecule has 0 radical (unpaired) electrons. The number of hydrogen-bond acceptors (Lipinski definition) is 3. The van der Waals surface area contributed by atoms with Crippen molar-refractivity contribution in [3.8, 4) is 0 Å². The van der Waals surface area contributed by atoms with Crippen molar-refractivity contribution < 1.29 is 5.21 Å². The molecule has 21 heavy (non-hydrogen) atoms. The number of rotatable bonds is 4. The maximum Gasteiger partial charge on any atom is 0.170 e. The number of halogens is 3. The summed E-state index contributed by atoms with van der Waals surface area (Å²) in [4.78, 5) is 0. The van der Waals surface area contributed by atoms with Gasteiger partial charge in [-0.1, -0.05) is 64.2 Å². The Kier molecular flexibility index (Phi) is 5.17. The Morgan fingerprint density at radius 2 is 1.76 bits per heavy atom.